The molecule has 0 saturated carbocycles. The summed E-state index contributed by atoms with van der Waals surface area (Å²) in [6.07, 6.45) is 1.24. The van der Waals surface area contributed by atoms with Crippen molar-refractivity contribution >= 4 is 38.2 Å². The van der Waals surface area contributed by atoms with Crippen LogP contribution in [0.2, 0.25) is 0 Å². The van der Waals surface area contributed by atoms with Crippen LogP contribution in [0.15, 0.2) is 42.6 Å². The molecular formula is C29H29F2N7O4S. The number of nitrogens with two attached hydrogens (primary N) is 1. The lowest BCUT2D eigenvalue weighted by Gasteiger charge is -2.35. The average molecular weight is 610 g/mol. The van der Waals surface area contributed by atoms with Crippen molar-refractivity contribution in [3.63, 3.8) is 0 Å². The second-order valence-electron chi connectivity index (χ2n) is 9.96. The van der Waals surface area contributed by atoms with Crippen molar-refractivity contribution in [2.75, 3.05) is 54.7 Å². The molecule has 3 heterocycles. The van der Waals surface area contributed by atoms with Crippen molar-refractivity contribution in [3.8, 4) is 34.3 Å². The lowest BCUT2D eigenvalue weighted by Crippen LogP contribution is -2.44. The summed E-state index contributed by atoms with van der Waals surface area (Å²) in [7, 11) is -2.51. The van der Waals surface area contributed by atoms with Gasteiger partial charge in [0.05, 0.1) is 55.6 Å². The third kappa shape index (κ3) is 6.13. The maximum Gasteiger partial charge on any atom is 0.232 e. The number of benzene rings is 2. The second kappa shape index (κ2) is 12.3. The van der Waals surface area contributed by atoms with Gasteiger partial charge in [-0.15, -0.1) is 0 Å². The number of ether oxygens (including phenoxy) is 2. The summed E-state index contributed by atoms with van der Waals surface area (Å²) in [5.41, 5.74) is 7.07. The van der Waals surface area contributed by atoms with Gasteiger partial charge in [0.2, 0.25) is 10.0 Å². The number of sulfonamides is 1. The highest BCUT2D eigenvalue weighted by molar-refractivity contribution is 7.92. The quantitative estimate of drug-likeness (QED) is 0.281. The van der Waals surface area contributed by atoms with E-state index in [2.05, 4.69) is 15.8 Å². The number of hydrogen-bond donors (Lipinski definition) is 2. The standard InChI is InChI=1S/C29H29F2N7O4S/c1-17-16-42-9-8-38(17)29-21-11-18(20-5-3-6-23(26(20)31)37-43(39,40)10-4-7-30)12-24(41-2)27(21)35-28(36-29)22-15-34-25(33)13-19(22)14-32/h3,5-6,11-13,15,17,37H,4,7-10,16H2,1-2H3,(H2,33,34)/t17-/m1/s1. The van der Waals surface area contributed by atoms with Crippen LogP contribution in [0.1, 0.15) is 18.9 Å². The largest absolute Gasteiger partial charge is 0.494 e. The molecule has 11 nitrogen and oxygen atoms in total. The van der Waals surface area contributed by atoms with Gasteiger partial charge in [-0.3, -0.25) is 9.11 Å². The number of fused-ring (bicyclic) bond motifs is 1. The van der Waals surface area contributed by atoms with Crippen LogP contribution in [0.3, 0.4) is 0 Å². The Hall–Kier alpha value is -4.61. The molecule has 0 aliphatic carbocycles. The monoisotopic (exact) mass is 609 g/mol. The fraction of sp³-hybridized carbons (Fsp3) is 0.310. The molecule has 0 spiro atoms. The van der Waals surface area contributed by atoms with Crippen LogP contribution >= 0.6 is 0 Å². The first kappa shape index (κ1) is 29.9. The number of pyridine rings is 1. The highest BCUT2D eigenvalue weighted by Crippen LogP contribution is 2.40. The normalized spacial score (nSPS) is 15.3. The van der Waals surface area contributed by atoms with E-state index in [-0.39, 0.29) is 40.9 Å². The van der Waals surface area contributed by atoms with Gasteiger partial charge in [-0.25, -0.2) is 27.8 Å². The fourth-order valence-corrected chi connectivity index (χ4v) is 6.00. The summed E-state index contributed by atoms with van der Waals surface area (Å²) >= 11 is 0. The molecule has 0 bridgehead atoms. The van der Waals surface area contributed by atoms with E-state index in [0.717, 1.165) is 0 Å². The summed E-state index contributed by atoms with van der Waals surface area (Å²) < 4.78 is 66.7. The number of methoxy groups -OCH3 is 1. The van der Waals surface area contributed by atoms with Crippen molar-refractivity contribution in [1.82, 2.24) is 15.0 Å². The maximum atomic E-state index is 15.8. The molecule has 0 unspecified atom stereocenters. The van der Waals surface area contributed by atoms with E-state index in [1.165, 1.54) is 37.6 Å². The fourth-order valence-electron chi connectivity index (χ4n) is 4.92. The van der Waals surface area contributed by atoms with Crippen molar-refractivity contribution in [1.29, 1.82) is 5.26 Å². The topological polar surface area (TPSA) is 156 Å². The van der Waals surface area contributed by atoms with Crippen molar-refractivity contribution < 1.29 is 26.7 Å². The van der Waals surface area contributed by atoms with Gasteiger partial charge in [0, 0.05) is 23.7 Å². The number of nitrogens with one attached hydrogen (secondary N) is 1. The van der Waals surface area contributed by atoms with Gasteiger partial charge in [-0.1, -0.05) is 12.1 Å². The number of anilines is 3. The number of aromatic nitrogens is 3. The molecule has 1 aliphatic heterocycles. The molecule has 43 heavy (non-hydrogen) atoms. The van der Waals surface area contributed by atoms with Crippen LogP contribution < -0.4 is 20.1 Å². The van der Waals surface area contributed by atoms with E-state index in [1.807, 2.05) is 11.8 Å². The minimum atomic E-state index is -3.96. The van der Waals surface area contributed by atoms with Gasteiger partial charge >= 0.3 is 0 Å². The Bertz CT molecular complexity index is 1830. The lowest BCUT2D eigenvalue weighted by atomic mass is 10.0. The van der Waals surface area contributed by atoms with E-state index in [9.17, 15) is 18.1 Å². The average Bonchev–Trinajstić information content (AvgIpc) is 3.00. The maximum absolute atomic E-state index is 15.8. The number of hydrogen-bond acceptors (Lipinski definition) is 10. The molecule has 0 radical (unpaired) electrons. The Kier molecular flexibility index (Phi) is 8.56. The Labute approximate surface area is 247 Å². The van der Waals surface area contributed by atoms with E-state index in [4.69, 9.17) is 25.2 Å². The van der Waals surface area contributed by atoms with Crippen LogP contribution in [-0.4, -0.2) is 68.7 Å². The van der Waals surface area contributed by atoms with Gasteiger partial charge in [-0.05, 0) is 43.2 Å². The van der Waals surface area contributed by atoms with E-state index in [1.54, 1.807) is 12.1 Å². The van der Waals surface area contributed by atoms with Crippen molar-refractivity contribution in [2.45, 2.75) is 19.4 Å². The smallest absolute Gasteiger partial charge is 0.232 e. The molecule has 224 valence electrons. The molecule has 3 N–H and O–H groups in total. The summed E-state index contributed by atoms with van der Waals surface area (Å²) in [6, 6.07) is 11.1. The molecule has 1 saturated heterocycles. The Morgan fingerprint density at radius 2 is 2.07 bits per heavy atom. The highest BCUT2D eigenvalue weighted by atomic mass is 32.2. The highest BCUT2D eigenvalue weighted by Gasteiger charge is 2.26. The van der Waals surface area contributed by atoms with Crippen LogP contribution in [0.5, 0.6) is 5.75 Å². The predicted molar refractivity (Wildman–Crippen MR) is 159 cm³/mol. The minimum Gasteiger partial charge on any atom is -0.494 e. The summed E-state index contributed by atoms with van der Waals surface area (Å²) in [5, 5.41) is 10.3. The number of halogens is 2. The zero-order valence-electron chi connectivity index (χ0n) is 23.5. The number of nitriles is 1. The van der Waals surface area contributed by atoms with Crippen LogP contribution in [0.4, 0.5) is 26.1 Å². The molecule has 1 atom stereocenters. The van der Waals surface area contributed by atoms with Crippen molar-refractivity contribution in [3.05, 3.63) is 54.0 Å². The molecule has 4 aromatic rings. The van der Waals surface area contributed by atoms with Crippen LogP contribution in [0.25, 0.3) is 33.4 Å². The first-order chi connectivity index (χ1) is 20.7. The SMILES string of the molecule is COc1cc(-c2cccc(NS(=O)(=O)CCCF)c2F)cc2c(N3CCOC[C@H]3C)nc(-c3cnc(N)cc3C#N)nc12. The van der Waals surface area contributed by atoms with E-state index >= 15 is 4.39 Å². The Balaban J connectivity index is 1.72. The Morgan fingerprint density at radius 3 is 2.79 bits per heavy atom. The molecule has 0 amide bonds. The molecule has 14 heteroatoms. The van der Waals surface area contributed by atoms with Gasteiger partial charge < -0.3 is 20.1 Å². The molecule has 1 aliphatic rings. The van der Waals surface area contributed by atoms with Gasteiger partial charge in [0.25, 0.3) is 0 Å². The summed E-state index contributed by atoms with van der Waals surface area (Å²) in [4.78, 5) is 15.8. The number of alkyl halides is 1. The van der Waals surface area contributed by atoms with Crippen molar-refractivity contribution in [2.24, 2.45) is 0 Å². The second-order valence-corrected chi connectivity index (χ2v) is 11.8. The van der Waals surface area contributed by atoms with Gasteiger partial charge in [0.15, 0.2) is 11.6 Å². The third-order valence-electron chi connectivity index (χ3n) is 7.01. The number of rotatable bonds is 9. The molecular weight excluding hydrogens is 580 g/mol. The third-order valence-corrected chi connectivity index (χ3v) is 8.37. The van der Waals surface area contributed by atoms with Crippen LogP contribution in [0, 0.1) is 17.1 Å². The van der Waals surface area contributed by atoms with Crippen LogP contribution in [-0.2, 0) is 14.8 Å². The number of morpholine rings is 1. The Morgan fingerprint density at radius 1 is 1.26 bits per heavy atom. The zero-order chi connectivity index (χ0) is 30.7. The molecule has 2 aromatic carbocycles. The number of nitrogens with zero attached hydrogens (tertiary/aromatic N) is 5. The van der Waals surface area contributed by atoms with E-state index in [0.29, 0.717) is 53.4 Å². The molecule has 2 aromatic heterocycles. The van der Waals surface area contributed by atoms with E-state index < -0.39 is 28.3 Å². The minimum absolute atomic E-state index is 0.0758. The predicted octanol–water partition coefficient (Wildman–Crippen LogP) is 4.29. The van der Waals surface area contributed by atoms with Gasteiger partial charge in [-0.2, -0.15) is 5.26 Å². The van der Waals surface area contributed by atoms with Gasteiger partial charge in [0.1, 0.15) is 29.0 Å². The zero-order valence-corrected chi connectivity index (χ0v) is 24.3. The lowest BCUT2D eigenvalue weighted by molar-refractivity contribution is 0.0987. The summed E-state index contributed by atoms with van der Waals surface area (Å²) in [5.74, 6) is -0.0623. The summed E-state index contributed by atoms with van der Waals surface area (Å²) in [6.45, 7) is 2.59. The first-order valence-corrected chi connectivity index (χ1v) is 15.1. The molecule has 1 fully saturated rings. The first-order valence-electron chi connectivity index (χ1n) is 13.4. The molecule has 5 rings (SSSR count). The number of nitrogen functional groups attached to an aromatic ring is 1.